The monoisotopic (exact) mass is 565 g/mol. The van der Waals surface area contributed by atoms with Gasteiger partial charge in [0.2, 0.25) is 17.7 Å². The summed E-state index contributed by atoms with van der Waals surface area (Å²) in [4.78, 5) is 46.4. The minimum Gasteiger partial charge on any atom is -0.457 e. The fourth-order valence-electron chi connectivity index (χ4n) is 4.66. The lowest BCUT2D eigenvalue weighted by Crippen LogP contribution is -2.46. The van der Waals surface area contributed by atoms with Crippen molar-refractivity contribution in [2.24, 2.45) is 5.41 Å². The van der Waals surface area contributed by atoms with E-state index in [0.29, 0.717) is 30.1 Å². The summed E-state index contributed by atoms with van der Waals surface area (Å²) >= 11 is 0. The molecule has 2 fully saturated rings. The molecule has 5 rings (SSSR count). The van der Waals surface area contributed by atoms with Crippen molar-refractivity contribution in [2.45, 2.75) is 38.6 Å². The van der Waals surface area contributed by atoms with Gasteiger partial charge < -0.3 is 24.4 Å². The molecule has 12 nitrogen and oxygen atoms in total. The molecule has 1 saturated heterocycles. The quantitative estimate of drug-likeness (QED) is 0.345. The zero-order valence-electron chi connectivity index (χ0n) is 23.1. The largest absolute Gasteiger partial charge is 0.457 e. The van der Waals surface area contributed by atoms with E-state index in [9.17, 15) is 18.8 Å². The van der Waals surface area contributed by atoms with E-state index in [1.165, 1.54) is 18.3 Å². The molecular weight excluding hydrogens is 533 g/mol. The summed E-state index contributed by atoms with van der Waals surface area (Å²) in [6.45, 7) is 3.57. The molecule has 1 aromatic carbocycles. The van der Waals surface area contributed by atoms with Crippen molar-refractivity contribution in [1.82, 2.24) is 19.9 Å². The average molecular weight is 566 g/mol. The third-order valence-electron chi connectivity index (χ3n) is 7.43. The fraction of sp³-hybridized carbons (Fsp3) is 0.393. The van der Waals surface area contributed by atoms with Crippen LogP contribution in [0.1, 0.15) is 31.4 Å². The molecule has 0 bridgehead atoms. The van der Waals surface area contributed by atoms with Gasteiger partial charge in [-0.1, -0.05) is 5.16 Å². The Bertz CT molecular complexity index is 1450. The van der Waals surface area contributed by atoms with Crippen LogP contribution in [-0.2, 0) is 9.59 Å². The van der Waals surface area contributed by atoms with E-state index < -0.39 is 23.0 Å². The first-order valence-electron chi connectivity index (χ1n) is 13.3. The predicted molar refractivity (Wildman–Crippen MR) is 148 cm³/mol. The van der Waals surface area contributed by atoms with Gasteiger partial charge in [0.25, 0.3) is 0 Å². The van der Waals surface area contributed by atoms with E-state index >= 15 is 0 Å². The van der Waals surface area contributed by atoms with Crippen molar-refractivity contribution in [3.63, 3.8) is 0 Å². The standard InChI is InChI=1S/C28H32FN7O5/c1-17-14-24(41-34-17)33-26(38)28(9-10-28)25(37)31-22-5-4-19(15-21(22)29)40-20-6-11-30-23(16-20)32-27(39)36(3)18-7-12-35(2)13-8-18/h4-6,11,14-16,18H,7-10,12-13H2,1-3H3,(H,31,37)(H,33,38)(H,30,32,39). The number of benzene rings is 1. The second kappa shape index (κ2) is 11.5. The van der Waals surface area contributed by atoms with E-state index in [2.05, 4.69) is 38.0 Å². The number of ether oxygens (including phenoxy) is 1. The van der Waals surface area contributed by atoms with Gasteiger partial charge in [0, 0.05) is 37.5 Å². The number of nitrogens with one attached hydrogen (secondary N) is 3. The summed E-state index contributed by atoms with van der Waals surface area (Å²) in [6, 6.07) is 8.51. The minimum atomic E-state index is -1.30. The number of aryl methyl sites for hydroxylation is 1. The highest BCUT2D eigenvalue weighted by molar-refractivity contribution is 6.16. The molecule has 2 aliphatic rings. The van der Waals surface area contributed by atoms with Crippen molar-refractivity contribution < 1.29 is 28.0 Å². The van der Waals surface area contributed by atoms with Crippen LogP contribution in [-0.4, -0.2) is 71.0 Å². The summed E-state index contributed by atoms with van der Waals surface area (Å²) in [5.41, 5.74) is -0.805. The zero-order chi connectivity index (χ0) is 29.1. The molecule has 0 unspecified atom stereocenters. The summed E-state index contributed by atoms with van der Waals surface area (Å²) in [6.07, 6.45) is 3.93. The SMILES string of the molecule is Cc1cc(NC(=O)C2(C(=O)Nc3ccc(Oc4ccnc(NC(=O)N(C)C5CCN(C)CC5)c4)cc3F)CC2)on1. The maximum absolute atomic E-state index is 14.9. The maximum atomic E-state index is 14.9. The lowest BCUT2D eigenvalue weighted by atomic mass is 10.0. The molecule has 0 radical (unpaired) electrons. The first kappa shape index (κ1) is 28.0. The lowest BCUT2D eigenvalue weighted by Gasteiger charge is -2.34. The number of anilines is 3. The fourth-order valence-corrected chi connectivity index (χ4v) is 4.66. The molecule has 1 saturated carbocycles. The molecule has 3 N–H and O–H groups in total. The van der Waals surface area contributed by atoms with Gasteiger partial charge in [0.05, 0.1) is 11.4 Å². The topological polar surface area (TPSA) is 142 Å². The second-order valence-corrected chi connectivity index (χ2v) is 10.5. The minimum absolute atomic E-state index is 0.0865. The van der Waals surface area contributed by atoms with Crippen LogP contribution in [0.15, 0.2) is 47.1 Å². The number of urea groups is 1. The molecule has 0 spiro atoms. The number of rotatable bonds is 8. The molecule has 4 amide bonds. The molecule has 1 aliphatic carbocycles. The molecule has 13 heteroatoms. The Morgan fingerprint density at radius 3 is 2.41 bits per heavy atom. The number of hydrogen-bond acceptors (Lipinski definition) is 8. The number of hydrogen-bond donors (Lipinski definition) is 3. The zero-order valence-corrected chi connectivity index (χ0v) is 23.1. The summed E-state index contributed by atoms with van der Waals surface area (Å²) < 4.78 is 25.7. The van der Waals surface area contributed by atoms with E-state index in [1.54, 1.807) is 37.1 Å². The summed E-state index contributed by atoms with van der Waals surface area (Å²) in [7, 11) is 3.83. The third-order valence-corrected chi connectivity index (χ3v) is 7.43. The molecule has 3 aromatic rings. The van der Waals surface area contributed by atoms with Crippen LogP contribution in [0.3, 0.4) is 0 Å². The number of piperidine rings is 1. The van der Waals surface area contributed by atoms with Crippen molar-refractivity contribution in [3.05, 3.63) is 54.1 Å². The van der Waals surface area contributed by atoms with Gasteiger partial charge in [0.1, 0.15) is 28.5 Å². The first-order valence-corrected chi connectivity index (χ1v) is 13.3. The molecule has 3 heterocycles. The molecule has 216 valence electrons. The van der Waals surface area contributed by atoms with Gasteiger partial charge in [-0.15, -0.1) is 0 Å². The third kappa shape index (κ3) is 6.46. The van der Waals surface area contributed by atoms with Crippen LogP contribution in [0, 0.1) is 18.2 Å². The van der Waals surface area contributed by atoms with Gasteiger partial charge in [-0.2, -0.15) is 0 Å². The van der Waals surface area contributed by atoms with Crippen LogP contribution in [0.25, 0.3) is 0 Å². The number of carbonyl (C=O) groups is 3. The van der Waals surface area contributed by atoms with Crippen molar-refractivity contribution >= 4 is 35.2 Å². The number of nitrogens with zero attached hydrogens (tertiary/aromatic N) is 4. The summed E-state index contributed by atoms with van der Waals surface area (Å²) in [5.74, 6) is -0.937. The maximum Gasteiger partial charge on any atom is 0.323 e. The first-order chi connectivity index (χ1) is 19.6. The van der Waals surface area contributed by atoms with Crippen molar-refractivity contribution in [1.29, 1.82) is 0 Å². The summed E-state index contributed by atoms with van der Waals surface area (Å²) in [5, 5.41) is 11.5. The van der Waals surface area contributed by atoms with Crippen LogP contribution in [0.2, 0.25) is 0 Å². The Morgan fingerprint density at radius 1 is 1.05 bits per heavy atom. The normalized spacial score (nSPS) is 16.5. The molecule has 1 aliphatic heterocycles. The van der Waals surface area contributed by atoms with Crippen LogP contribution in [0.4, 0.5) is 26.6 Å². The lowest BCUT2D eigenvalue weighted by molar-refractivity contribution is -0.131. The van der Waals surface area contributed by atoms with Crippen LogP contribution in [0.5, 0.6) is 11.5 Å². The van der Waals surface area contributed by atoms with Gasteiger partial charge in [-0.3, -0.25) is 20.2 Å². The van der Waals surface area contributed by atoms with Crippen LogP contribution >= 0.6 is 0 Å². The Hall–Kier alpha value is -4.52. The van der Waals surface area contributed by atoms with Crippen LogP contribution < -0.4 is 20.7 Å². The highest BCUT2D eigenvalue weighted by Gasteiger charge is 2.57. The number of halogens is 1. The van der Waals surface area contributed by atoms with Crippen molar-refractivity contribution in [3.8, 4) is 11.5 Å². The molecular formula is C28H32FN7O5. The Kier molecular flexibility index (Phi) is 7.88. The Morgan fingerprint density at radius 2 is 1.76 bits per heavy atom. The number of amides is 4. The van der Waals surface area contributed by atoms with Gasteiger partial charge in [-0.05, 0) is 70.9 Å². The van der Waals surface area contributed by atoms with E-state index in [1.807, 2.05) is 0 Å². The Labute approximate surface area is 236 Å². The average Bonchev–Trinajstić information content (AvgIpc) is 3.67. The predicted octanol–water partition coefficient (Wildman–Crippen LogP) is 4.22. The smallest absolute Gasteiger partial charge is 0.323 e. The van der Waals surface area contributed by atoms with Gasteiger partial charge in [-0.25, -0.2) is 14.2 Å². The Balaban J connectivity index is 1.18. The molecule has 0 atom stereocenters. The second-order valence-electron chi connectivity index (χ2n) is 10.5. The molecule has 41 heavy (non-hydrogen) atoms. The number of carbonyl (C=O) groups excluding carboxylic acids is 3. The number of aromatic nitrogens is 2. The number of pyridine rings is 1. The van der Waals surface area contributed by atoms with E-state index in [0.717, 1.165) is 32.0 Å². The van der Waals surface area contributed by atoms with E-state index in [4.69, 9.17) is 9.26 Å². The van der Waals surface area contributed by atoms with Gasteiger partial charge >= 0.3 is 6.03 Å². The highest BCUT2D eigenvalue weighted by Crippen LogP contribution is 2.47. The van der Waals surface area contributed by atoms with E-state index in [-0.39, 0.29) is 29.4 Å². The highest BCUT2D eigenvalue weighted by atomic mass is 19.1. The number of likely N-dealkylation sites (tertiary alicyclic amines) is 1. The van der Waals surface area contributed by atoms with Gasteiger partial charge in [0.15, 0.2) is 0 Å². The van der Waals surface area contributed by atoms with Crippen molar-refractivity contribution in [2.75, 3.05) is 43.1 Å². The molecule has 2 aromatic heterocycles.